The van der Waals surface area contributed by atoms with Crippen molar-refractivity contribution in [2.24, 2.45) is 7.05 Å². The number of anilines is 1. The molecule has 1 amide bonds. The number of nitrogens with one attached hydrogen (secondary N) is 1. The van der Waals surface area contributed by atoms with E-state index in [2.05, 4.69) is 20.5 Å². The van der Waals surface area contributed by atoms with E-state index in [0.29, 0.717) is 11.0 Å². The van der Waals surface area contributed by atoms with Crippen LogP contribution in [0, 0.1) is 0 Å². The second-order valence-electron chi connectivity index (χ2n) is 6.73. The maximum absolute atomic E-state index is 13.1. The summed E-state index contributed by atoms with van der Waals surface area (Å²) in [6.07, 6.45) is 0.992. The molecule has 0 atom stereocenters. The predicted octanol–water partition coefficient (Wildman–Crippen LogP) is 2.36. The van der Waals surface area contributed by atoms with E-state index < -0.39 is 17.6 Å². The fourth-order valence-corrected chi connectivity index (χ4v) is 3.08. The first-order valence-corrected chi connectivity index (χ1v) is 9.12. The van der Waals surface area contributed by atoms with Gasteiger partial charge < -0.3 is 5.32 Å². The molecule has 3 aromatic heterocycles. The number of hydrogen-bond acceptors (Lipinski definition) is 5. The maximum Gasteiger partial charge on any atom is 0.416 e. The SMILES string of the molecule is Cn1ncc2c(=O)n(CCC(=O)Nc3cc(C(F)(F)F)ccc3-n3cccn3)cnc21. The van der Waals surface area contributed by atoms with E-state index in [4.69, 9.17) is 0 Å². The van der Waals surface area contributed by atoms with Gasteiger partial charge in [0.05, 0.1) is 29.5 Å². The van der Waals surface area contributed by atoms with Crippen molar-refractivity contribution >= 4 is 22.6 Å². The van der Waals surface area contributed by atoms with Crippen molar-refractivity contribution in [1.29, 1.82) is 0 Å². The zero-order chi connectivity index (χ0) is 22.2. The number of alkyl halides is 3. The van der Waals surface area contributed by atoms with Gasteiger partial charge in [0.1, 0.15) is 5.39 Å². The second-order valence-corrected chi connectivity index (χ2v) is 6.73. The Morgan fingerprint density at radius 1 is 1.23 bits per heavy atom. The van der Waals surface area contributed by atoms with Crippen molar-refractivity contribution < 1.29 is 18.0 Å². The minimum atomic E-state index is -4.57. The summed E-state index contributed by atoms with van der Waals surface area (Å²) in [6.45, 7) is -0.00142. The summed E-state index contributed by atoms with van der Waals surface area (Å²) in [5.41, 5.74) is -0.611. The fourth-order valence-electron chi connectivity index (χ4n) is 3.08. The van der Waals surface area contributed by atoms with E-state index in [1.807, 2.05) is 0 Å². The van der Waals surface area contributed by atoms with Crippen LogP contribution in [0.1, 0.15) is 12.0 Å². The first-order valence-electron chi connectivity index (χ1n) is 9.12. The smallest absolute Gasteiger partial charge is 0.324 e. The van der Waals surface area contributed by atoms with Crippen LogP contribution in [0.5, 0.6) is 0 Å². The van der Waals surface area contributed by atoms with E-state index in [-0.39, 0.29) is 29.9 Å². The van der Waals surface area contributed by atoms with Crippen LogP contribution >= 0.6 is 0 Å². The molecule has 0 spiro atoms. The lowest BCUT2D eigenvalue weighted by Crippen LogP contribution is -2.24. The Morgan fingerprint density at radius 3 is 2.74 bits per heavy atom. The zero-order valence-electron chi connectivity index (χ0n) is 16.2. The van der Waals surface area contributed by atoms with Gasteiger partial charge in [0.2, 0.25) is 5.91 Å². The average Bonchev–Trinajstić information content (AvgIpc) is 3.37. The molecule has 1 N–H and O–H groups in total. The Bertz CT molecular complexity index is 1310. The van der Waals surface area contributed by atoms with Gasteiger partial charge in [-0.15, -0.1) is 0 Å². The number of benzene rings is 1. The molecule has 0 aliphatic heterocycles. The lowest BCUT2D eigenvalue weighted by atomic mass is 10.1. The van der Waals surface area contributed by atoms with Gasteiger partial charge in [-0.3, -0.25) is 18.8 Å². The number of aromatic nitrogens is 6. The number of fused-ring (bicyclic) bond motifs is 1. The van der Waals surface area contributed by atoms with Crippen LogP contribution in [0.25, 0.3) is 16.7 Å². The molecule has 0 fully saturated rings. The molecule has 4 aromatic rings. The quantitative estimate of drug-likeness (QED) is 0.523. The molecule has 0 unspecified atom stereocenters. The Balaban J connectivity index is 1.55. The van der Waals surface area contributed by atoms with Crippen LogP contribution in [0.15, 0.2) is 54.0 Å². The van der Waals surface area contributed by atoms with E-state index >= 15 is 0 Å². The molecular weight excluding hydrogens is 415 g/mol. The summed E-state index contributed by atoms with van der Waals surface area (Å²) in [5.74, 6) is -0.564. The summed E-state index contributed by atoms with van der Waals surface area (Å²) in [7, 11) is 1.65. The van der Waals surface area contributed by atoms with Gasteiger partial charge in [-0.05, 0) is 24.3 Å². The van der Waals surface area contributed by atoms with Gasteiger partial charge in [-0.1, -0.05) is 0 Å². The number of hydrogen-bond donors (Lipinski definition) is 1. The summed E-state index contributed by atoms with van der Waals surface area (Å²) in [5, 5.41) is 10.8. The fraction of sp³-hybridized carbons (Fsp3) is 0.211. The van der Waals surface area contributed by atoms with Gasteiger partial charge in [-0.25, -0.2) is 9.67 Å². The molecule has 0 aliphatic rings. The normalized spacial score (nSPS) is 11.7. The summed E-state index contributed by atoms with van der Waals surface area (Å²) < 4.78 is 43.5. The Kier molecular flexibility index (Phi) is 5.05. The monoisotopic (exact) mass is 431 g/mol. The molecule has 0 saturated heterocycles. The zero-order valence-corrected chi connectivity index (χ0v) is 16.2. The summed E-state index contributed by atoms with van der Waals surface area (Å²) in [4.78, 5) is 29.1. The Labute approximate surface area is 172 Å². The highest BCUT2D eigenvalue weighted by Crippen LogP contribution is 2.33. The van der Waals surface area contributed by atoms with Crippen LogP contribution in [0.2, 0.25) is 0 Å². The van der Waals surface area contributed by atoms with Crippen molar-refractivity contribution in [2.45, 2.75) is 19.1 Å². The van der Waals surface area contributed by atoms with Crippen molar-refractivity contribution in [2.75, 3.05) is 5.32 Å². The van der Waals surface area contributed by atoms with Gasteiger partial charge in [0.15, 0.2) is 5.65 Å². The Morgan fingerprint density at radius 2 is 2.03 bits per heavy atom. The summed E-state index contributed by atoms with van der Waals surface area (Å²) in [6, 6.07) is 4.61. The maximum atomic E-state index is 13.1. The first kappa shape index (κ1) is 20.3. The molecule has 160 valence electrons. The third kappa shape index (κ3) is 4.04. The molecule has 9 nitrogen and oxygen atoms in total. The highest BCUT2D eigenvalue weighted by Gasteiger charge is 2.31. The van der Waals surface area contributed by atoms with E-state index in [9.17, 15) is 22.8 Å². The molecule has 31 heavy (non-hydrogen) atoms. The van der Waals surface area contributed by atoms with Crippen molar-refractivity contribution in [3.63, 3.8) is 0 Å². The lowest BCUT2D eigenvalue weighted by Gasteiger charge is -2.15. The van der Waals surface area contributed by atoms with Gasteiger partial charge in [0, 0.05) is 32.4 Å². The van der Waals surface area contributed by atoms with Crippen molar-refractivity contribution in [3.8, 4) is 5.69 Å². The van der Waals surface area contributed by atoms with Crippen molar-refractivity contribution in [3.05, 3.63) is 65.1 Å². The predicted molar refractivity (Wildman–Crippen MR) is 105 cm³/mol. The van der Waals surface area contributed by atoms with Crippen molar-refractivity contribution in [1.82, 2.24) is 29.1 Å². The standard InChI is InChI=1S/C19H16F3N7O2/c1-27-17-13(10-25-27)18(31)28(11-23-17)8-5-16(30)26-14-9-12(19(20,21)22)3-4-15(14)29-7-2-6-24-29/h2-4,6-7,9-11H,5,8H2,1H3,(H,26,30). The molecular formula is C19H16F3N7O2. The molecule has 0 saturated carbocycles. The molecule has 12 heteroatoms. The minimum Gasteiger partial charge on any atom is -0.324 e. The first-order chi connectivity index (χ1) is 14.7. The number of carbonyl (C=O) groups is 1. The Hall–Kier alpha value is -3.96. The van der Waals surface area contributed by atoms with Crippen LogP contribution < -0.4 is 10.9 Å². The molecule has 0 bridgehead atoms. The van der Waals surface area contributed by atoms with E-state index in [1.165, 1.54) is 38.7 Å². The highest BCUT2D eigenvalue weighted by atomic mass is 19.4. The second kappa shape index (κ2) is 7.70. The van der Waals surface area contributed by atoms with Crippen LogP contribution in [0.4, 0.5) is 18.9 Å². The molecule has 0 radical (unpaired) electrons. The summed E-state index contributed by atoms with van der Waals surface area (Å²) >= 11 is 0. The minimum absolute atomic E-state index is 0.00142. The lowest BCUT2D eigenvalue weighted by molar-refractivity contribution is -0.137. The number of nitrogens with zero attached hydrogens (tertiary/aromatic N) is 6. The largest absolute Gasteiger partial charge is 0.416 e. The number of amides is 1. The molecule has 1 aromatic carbocycles. The number of rotatable bonds is 5. The van der Waals surface area contributed by atoms with Crippen LogP contribution in [-0.2, 0) is 24.6 Å². The van der Waals surface area contributed by atoms with Crippen LogP contribution in [-0.4, -0.2) is 35.0 Å². The van der Waals surface area contributed by atoms with Crippen LogP contribution in [0.3, 0.4) is 0 Å². The van der Waals surface area contributed by atoms with E-state index in [0.717, 1.165) is 12.1 Å². The molecule has 3 heterocycles. The molecule has 0 aliphatic carbocycles. The van der Waals surface area contributed by atoms with E-state index in [1.54, 1.807) is 19.3 Å². The third-order valence-electron chi connectivity index (χ3n) is 4.65. The topological polar surface area (TPSA) is 99.6 Å². The molecule has 4 rings (SSSR count). The number of carbonyl (C=O) groups excluding carboxylic acids is 1. The average molecular weight is 431 g/mol. The van der Waals surface area contributed by atoms with Gasteiger partial charge >= 0.3 is 6.18 Å². The number of halogens is 3. The number of aryl methyl sites for hydroxylation is 2. The van der Waals surface area contributed by atoms with Gasteiger partial charge in [0.25, 0.3) is 5.56 Å². The van der Waals surface area contributed by atoms with Gasteiger partial charge in [-0.2, -0.15) is 23.4 Å². The third-order valence-corrected chi connectivity index (χ3v) is 4.65. The highest BCUT2D eigenvalue weighted by molar-refractivity contribution is 5.93.